The van der Waals surface area contributed by atoms with E-state index in [9.17, 15) is 0 Å². The van der Waals surface area contributed by atoms with Gasteiger partial charge in [-0.1, -0.05) is 48.0 Å². The Balaban J connectivity index is 1.75. The molecule has 2 aromatic carbocycles. The molecule has 3 aromatic rings. The molecular weight excluding hydrogens is 258 g/mol. The molecule has 0 spiro atoms. The molecular formula is C19H21NO. The highest BCUT2D eigenvalue weighted by Gasteiger charge is 2.14. The molecule has 3 rings (SSSR count). The maximum Gasteiger partial charge on any atom is 0.134 e. The third-order valence-electron chi connectivity index (χ3n) is 3.95. The molecule has 1 heterocycles. The van der Waals surface area contributed by atoms with Crippen molar-refractivity contribution >= 4 is 11.0 Å². The zero-order valence-electron chi connectivity index (χ0n) is 12.8. The van der Waals surface area contributed by atoms with Gasteiger partial charge >= 0.3 is 0 Å². The Hall–Kier alpha value is -2.06. The maximum absolute atomic E-state index is 5.92. The van der Waals surface area contributed by atoms with Gasteiger partial charge in [-0.2, -0.15) is 0 Å². The SMILES string of the molecule is Cc1ccc([C@@H](C)NC(C)c2cc3ccccc3o2)cc1. The van der Waals surface area contributed by atoms with E-state index < -0.39 is 0 Å². The molecule has 2 atom stereocenters. The third-order valence-corrected chi connectivity index (χ3v) is 3.95. The van der Waals surface area contributed by atoms with E-state index in [0.29, 0.717) is 0 Å². The molecule has 0 aliphatic rings. The molecule has 108 valence electrons. The number of nitrogens with one attached hydrogen (secondary N) is 1. The number of aryl methyl sites for hydroxylation is 1. The molecule has 0 bridgehead atoms. The summed E-state index contributed by atoms with van der Waals surface area (Å²) in [6.07, 6.45) is 0. The monoisotopic (exact) mass is 279 g/mol. The topological polar surface area (TPSA) is 25.2 Å². The van der Waals surface area contributed by atoms with E-state index in [1.165, 1.54) is 11.1 Å². The van der Waals surface area contributed by atoms with Gasteiger partial charge in [0.2, 0.25) is 0 Å². The summed E-state index contributed by atoms with van der Waals surface area (Å²) in [5.41, 5.74) is 3.53. The fourth-order valence-corrected chi connectivity index (χ4v) is 2.62. The summed E-state index contributed by atoms with van der Waals surface area (Å²) < 4.78 is 5.92. The van der Waals surface area contributed by atoms with Crippen LogP contribution in [0.15, 0.2) is 59.0 Å². The highest BCUT2D eigenvalue weighted by Crippen LogP contribution is 2.25. The van der Waals surface area contributed by atoms with Crippen LogP contribution in [0, 0.1) is 6.92 Å². The van der Waals surface area contributed by atoms with Crippen molar-refractivity contribution in [1.29, 1.82) is 0 Å². The van der Waals surface area contributed by atoms with E-state index in [-0.39, 0.29) is 12.1 Å². The van der Waals surface area contributed by atoms with E-state index in [4.69, 9.17) is 4.42 Å². The maximum atomic E-state index is 5.92. The number of hydrogen-bond acceptors (Lipinski definition) is 2. The fraction of sp³-hybridized carbons (Fsp3) is 0.263. The molecule has 0 saturated heterocycles. The first-order valence-corrected chi connectivity index (χ1v) is 7.44. The van der Waals surface area contributed by atoms with Crippen molar-refractivity contribution in [2.75, 3.05) is 0 Å². The predicted octanol–water partition coefficient (Wildman–Crippen LogP) is 5.15. The second-order valence-corrected chi connectivity index (χ2v) is 5.71. The van der Waals surface area contributed by atoms with Crippen LogP contribution < -0.4 is 5.32 Å². The van der Waals surface area contributed by atoms with Crippen LogP contribution in [0.25, 0.3) is 11.0 Å². The molecule has 1 aromatic heterocycles. The van der Waals surface area contributed by atoms with Crippen LogP contribution in [0.5, 0.6) is 0 Å². The van der Waals surface area contributed by atoms with Crippen LogP contribution in [0.4, 0.5) is 0 Å². The van der Waals surface area contributed by atoms with Gasteiger partial charge < -0.3 is 9.73 Å². The van der Waals surface area contributed by atoms with Gasteiger partial charge in [-0.25, -0.2) is 0 Å². The quantitative estimate of drug-likeness (QED) is 0.714. The number of rotatable bonds is 4. The summed E-state index contributed by atoms with van der Waals surface area (Å²) in [4.78, 5) is 0. The van der Waals surface area contributed by atoms with Crippen LogP contribution in [0.1, 0.15) is 42.8 Å². The van der Waals surface area contributed by atoms with Crippen molar-refractivity contribution in [2.24, 2.45) is 0 Å². The Morgan fingerprint density at radius 2 is 1.62 bits per heavy atom. The van der Waals surface area contributed by atoms with Crippen molar-refractivity contribution < 1.29 is 4.42 Å². The first-order chi connectivity index (χ1) is 10.1. The van der Waals surface area contributed by atoms with Gasteiger partial charge in [0.05, 0.1) is 6.04 Å². The summed E-state index contributed by atoms with van der Waals surface area (Å²) in [7, 11) is 0. The van der Waals surface area contributed by atoms with E-state index in [1.54, 1.807) is 0 Å². The minimum Gasteiger partial charge on any atom is -0.459 e. The van der Waals surface area contributed by atoms with Crippen molar-refractivity contribution in [3.63, 3.8) is 0 Å². The average Bonchev–Trinajstić information content (AvgIpc) is 2.92. The number of benzene rings is 2. The molecule has 0 amide bonds. The van der Waals surface area contributed by atoms with Gasteiger partial charge in [0.15, 0.2) is 0 Å². The van der Waals surface area contributed by atoms with Crippen LogP contribution in [-0.2, 0) is 0 Å². The minimum absolute atomic E-state index is 0.175. The standard InChI is InChI=1S/C19H21NO/c1-13-8-10-16(11-9-13)14(2)20-15(3)19-12-17-6-4-5-7-18(17)21-19/h4-12,14-15,20H,1-3H3/t14-,15?/m1/s1. The van der Waals surface area contributed by atoms with E-state index in [0.717, 1.165) is 16.7 Å². The molecule has 0 fully saturated rings. The zero-order chi connectivity index (χ0) is 14.8. The molecule has 1 unspecified atom stereocenters. The van der Waals surface area contributed by atoms with Gasteiger partial charge in [-0.15, -0.1) is 0 Å². The van der Waals surface area contributed by atoms with Crippen LogP contribution in [0.2, 0.25) is 0 Å². The van der Waals surface area contributed by atoms with Crippen LogP contribution in [0.3, 0.4) is 0 Å². The second kappa shape index (κ2) is 5.74. The lowest BCUT2D eigenvalue weighted by Crippen LogP contribution is -2.22. The first kappa shape index (κ1) is 13.9. The minimum atomic E-state index is 0.175. The van der Waals surface area contributed by atoms with Crippen LogP contribution in [-0.4, -0.2) is 0 Å². The molecule has 0 aliphatic heterocycles. The molecule has 2 nitrogen and oxygen atoms in total. The van der Waals surface area contributed by atoms with Crippen molar-refractivity contribution in [1.82, 2.24) is 5.32 Å². The van der Waals surface area contributed by atoms with Crippen molar-refractivity contribution in [2.45, 2.75) is 32.9 Å². The van der Waals surface area contributed by atoms with E-state index >= 15 is 0 Å². The Morgan fingerprint density at radius 3 is 2.33 bits per heavy atom. The number of furan rings is 1. The van der Waals surface area contributed by atoms with E-state index in [1.807, 2.05) is 18.2 Å². The van der Waals surface area contributed by atoms with E-state index in [2.05, 4.69) is 62.5 Å². The van der Waals surface area contributed by atoms with Gasteiger partial charge in [-0.3, -0.25) is 0 Å². The molecule has 0 saturated carbocycles. The molecule has 2 heteroatoms. The lowest BCUT2D eigenvalue weighted by molar-refractivity contribution is 0.417. The average molecular weight is 279 g/mol. The van der Waals surface area contributed by atoms with Gasteiger partial charge in [0, 0.05) is 11.4 Å². The van der Waals surface area contributed by atoms with Gasteiger partial charge in [-0.05, 0) is 38.5 Å². The Morgan fingerprint density at radius 1 is 0.905 bits per heavy atom. The Kier molecular flexibility index (Phi) is 3.80. The highest BCUT2D eigenvalue weighted by molar-refractivity contribution is 5.77. The predicted molar refractivity (Wildman–Crippen MR) is 87.4 cm³/mol. The van der Waals surface area contributed by atoms with Crippen LogP contribution >= 0.6 is 0 Å². The summed E-state index contributed by atoms with van der Waals surface area (Å²) >= 11 is 0. The smallest absolute Gasteiger partial charge is 0.134 e. The summed E-state index contributed by atoms with van der Waals surface area (Å²) in [5.74, 6) is 0.982. The number of fused-ring (bicyclic) bond motifs is 1. The summed E-state index contributed by atoms with van der Waals surface area (Å²) in [5, 5.41) is 4.76. The third kappa shape index (κ3) is 3.01. The summed E-state index contributed by atoms with van der Waals surface area (Å²) in [6, 6.07) is 19.4. The first-order valence-electron chi connectivity index (χ1n) is 7.44. The van der Waals surface area contributed by atoms with Gasteiger partial charge in [0.25, 0.3) is 0 Å². The second-order valence-electron chi connectivity index (χ2n) is 5.71. The van der Waals surface area contributed by atoms with Crippen molar-refractivity contribution in [3.05, 3.63) is 71.5 Å². The number of para-hydroxylation sites is 1. The van der Waals surface area contributed by atoms with Crippen molar-refractivity contribution in [3.8, 4) is 0 Å². The zero-order valence-corrected chi connectivity index (χ0v) is 12.8. The highest BCUT2D eigenvalue weighted by atomic mass is 16.3. The molecule has 0 aliphatic carbocycles. The normalized spacial score (nSPS) is 14.2. The Labute approximate surface area is 125 Å². The largest absolute Gasteiger partial charge is 0.459 e. The van der Waals surface area contributed by atoms with Gasteiger partial charge in [0.1, 0.15) is 11.3 Å². The lowest BCUT2D eigenvalue weighted by atomic mass is 10.1. The lowest BCUT2D eigenvalue weighted by Gasteiger charge is -2.19. The summed E-state index contributed by atoms with van der Waals surface area (Å²) in [6.45, 7) is 6.44. The molecule has 0 radical (unpaired) electrons. The molecule has 1 N–H and O–H groups in total. The number of hydrogen-bond donors (Lipinski definition) is 1. The fourth-order valence-electron chi connectivity index (χ4n) is 2.62. The molecule has 21 heavy (non-hydrogen) atoms. The Bertz CT molecular complexity index is 694.